The molecule has 0 rings (SSSR count). The third kappa shape index (κ3) is 8.92. The molecule has 0 aromatic heterocycles. The molecule has 1 N–H and O–H groups in total. The van der Waals surface area contributed by atoms with Gasteiger partial charge < -0.3 is 5.32 Å². The minimum atomic E-state index is 0.207. The fourth-order valence-corrected chi connectivity index (χ4v) is 2.18. The largest absolute Gasteiger partial charge is 0.312 e. The lowest BCUT2D eigenvalue weighted by Gasteiger charge is -2.25. The van der Waals surface area contributed by atoms with Crippen molar-refractivity contribution in [3.63, 3.8) is 0 Å². The first-order valence-electron chi connectivity index (χ1n) is 5.01. The van der Waals surface area contributed by atoms with Crippen molar-refractivity contribution in [1.82, 2.24) is 5.32 Å². The van der Waals surface area contributed by atoms with Crippen molar-refractivity contribution in [1.29, 1.82) is 0 Å². The predicted octanol–water partition coefficient (Wildman–Crippen LogP) is 3.13. The lowest BCUT2D eigenvalue weighted by Crippen LogP contribution is -2.40. The number of rotatable bonds is 8. The molecule has 0 aliphatic rings. The Bertz CT molecular complexity index is 117. The van der Waals surface area contributed by atoms with Crippen LogP contribution in [-0.4, -0.2) is 29.5 Å². The van der Waals surface area contributed by atoms with Gasteiger partial charge in [-0.3, -0.25) is 0 Å². The normalized spacial score (nSPS) is 12.0. The highest BCUT2D eigenvalue weighted by atomic mass is 35.5. The second kappa shape index (κ2) is 7.95. The van der Waals surface area contributed by atoms with E-state index in [0.29, 0.717) is 0 Å². The molecule has 0 heterocycles. The Balaban J connectivity index is 3.29. The molecule has 0 aromatic carbocycles. The van der Waals surface area contributed by atoms with Crippen molar-refractivity contribution in [2.45, 2.75) is 39.2 Å². The first-order chi connectivity index (χ1) is 6.12. The van der Waals surface area contributed by atoms with E-state index in [1.54, 1.807) is 0 Å². The molecule has 0 radical (unpaired) electrons. The molecule has 80 valence electrons. The second-order valence-corrected chi connectivity index (χ2v) is 5.57. The first-order valence-corrected chi connectivity index (χ1v) is 6.70. The monoisotopic (exact) mass is 223 g/mol. The van der Waals surface area contributed by atoms with Crippen LogP contribution in [0.4, 0.5) is 0 Å². The molecule has 1 nitrogen and oxygen atoms in total. The van der Waals surface area contributed by atoms with E-state index in [1.807, 2.05) is 11.8 Å². The van der Waals surface area contributed by atoms with Gasteiger partial charge in [0.15, 0.2) is 0 Å². The van der Waals surface area contributed by atoms with Crippen LogP contribution in [0.5, 0.6) is 0 Å². The Labute approximate surface area is 92.0 Å². The number of hydrogen-bond donors (Lipinski definition) is 1. The first kappa shape index (κ1) is 13.6. The van der Waals surface area contributed by atoms with E-state index in [4.69, 9.17) is 11.6 Å². The van der Waals surface area contributed by atoms with Crippen molar-refractivity contribution in [2.75, 3.05) is 23.9 Å². The molecule has 0 saturated carbocycles. The average molecular weight is 224 g/mol. The Hall–Kier alpha value is 0.600. The van der Waals surface area contributed by atoms with Gasteiger partial charge in [-0.2, -0.15) is 11.8 Å². The maximum absolute atomic E-state index is 5.70. The van der Waals surface area contributed by atoms with E-state index < -0.39 is 0 Å². The van der Waals surface area contributed by atoms with E-state index in [2.05, 4.69) is 26.1 Å². The van der Waals surface area contributed by atoms with Gasteiger partial charge in [-0.05, 0) is 44.7 Å². The quantitative estimate of drug-likeness (QED) is 0.501. The maximum atomic E-state index is 5.70. The summed E-state index contributed by atoms with van der Waals surface area (Å²) in [5, 5.41) is 3.52. The van der Waals surface area contributed by atoms with Crippen LogP contribution in [0.15, 0.2) is 0 Å². The zero-order chi connectivity index (χ0) is 10.2. The van der Waals surface area contributed by atoms with Crippen LogP contribution in [0.2, 0.25) is 0 Å². The Kier molecular flexibility index (Phi) is 8.32. The number of halogens is 1. The molecule has 0 aliphatic carbocycles. The predicted molar refractivity (Wildman–Crippen MR) is 65.0 cm³/mol. The lowest BCUT2D eigenvalue weighted by molar-refractivity contribution is 0.380. The molecule has 0 amide bonds. The van der Waals surface area contributed by atoms with Crippen LogP contribution < -0.4 is 5.32 Å². The minimum absolute atomic E-state index is 0.207. The smallest absolute Gasteiger partial charge is 0.0240 e. The van der Waals surface area contributed by atoms with Crippen molar-refractivity contribution < 1.29 is 0 Å². The standard InChI is InChI=1S/C10H22ClNS/c1-4-13-9-5-8-12-10(2,3)6-7-11/h12H,4-9H2,1-3H3. The SMILES string of the molecule is CCSCCCNC(C)(C)CCCl. The average Bonchev–Trinajstić information content (AvgIpc) is 2.04. The molecule has 0 spiro atoms. The third-order valence-electron chi connectivity index (χ3n) is 1.99. The molecule has 0 unspecified atom stereocenters. The Morgan fingerprint density at radius 3 is 2.62 bits per heavy atom. The van der Waals surface area contributed by atoms with Crippen LogP contribution in [-0.2, 0) is 0 Å². The van der Waals surface area contributed by atoms with Crippen LogP contribution in [0.1, 0.15) is 33.6 Å². The molecule has 0 saturated heterocycles. The van der Waals surface area contributed by atoms with Gasteiger partial charge in [0, 0.05) is 11.4 Å². The highest BCUT2D eigenvalue weighted by molar-refractivity contribution is 7.99. The van der Waals surface area contributed by atoms with Crippen LogP contribution in [0.3, 0.4) is 0 Å². The number of nitrogens with one attached hydrogen (secondary N) is 1. The van der Waals surface area contributed by atoms with Gasteiger partial charge in [0.2, 0.25) is 0 Å². The van der Waals surface area contributed by atoms with E-state index >= 15 is 0 Å². The van der Waals surface area contributed by atoms with Crippen LogP contribution >= 0.6 is 23.4 Å². The molecule has 3 heteroatoms. The summed E-state index contributed by atoms with van der Waals surface area (Å²) in [4.78, 5) is 0. The van der Waals surface area contributed by atoms with Crippen molar-refractivity contribution in [3.05, 3.63) is 0 Å². The van der Waals surface area contributed by atoms with Crippen molar-refractivity contribution in [3.8, 4) is 0 Å². The summed E-state index contributed by atoms with van der Waals surface area (Å²) in [5.41, 5.74) is 0.207. The van der Waals surface area contributed by atoms with E-state index in [0.717, 1.165) is 18.8 Å². The van der Waals surface area contributed by atoms with Gasteiger partial charge in [0.25, 0.3) is 0 Å². The highest BCUT2D eigenvalue weighted by Gasteiger charge is 2.14. The molecule has 0 aromatic rings. The fraction of sp³-hybridized carbons (Fsp3) is 1.00. The third-order valence-corrected chi connectivity index (χ3v) is 3.17. The molecule has 0 bridgehead atoms. The van der Waals surface area contributed by atoms with Gasteiger partial charge in [0.05, 0.1) is 0 Å². The fourth-order valence-electron chi connectivity index (χ4n) is 1.07. The maximum Gasteiger partial charge on any atom is 0.0240 e. The summed E-state index contributed by atoms with van der Waals surface area (Å²) in [6.45, 7) is 7.73. The zero-order valence-electron chi connectivity index (χ0n) is 9.03. The highest BCUT2D eigenvalue weighted by Crippen LogP contribution is 2.09. The number of thioether (sulfide) groups is 1. The lowest BCUT2D eigenvalue weighted by atomic mass is 10.0. The van der Waals surface area contributed by atoms with E-state index in [9.17, 15) is 0 Å². The van der Waals surface area contributed by atoms with Gasteiger partial charge in [0.1, 0.15) is 0 Å². The van der Waals surface area contributed by atoms with Gasteiger partial charge in [-0.25, -0.2) is 0 Å². The summed E-state index contributed by atoms with van der Waals surface area (Å²) < 4.78 is 0. The summed E-state index contributed by atoms with van der Waals surface area (Å²) in [7, 11) is 0. The number of hydrogen-bond acceptors (Lipinski definition) is 2. The molecular weight excluding hydrogens is 202 g/mol. The molecular formula is C10H22ClNS. The molecule has 13 heavy (non-hydrogen) atoms. The van der Waals surface area contributed by atoms with Gasteiger partial charge in [-0.15, -0.1) is 11.6 Å². The van der Waals surface area contributed by atoms with Gasteiger partial charge in [-0.1, -0.05) is 6.92 Å². The topological polar surface area (TPSA) is 12.0 Å². The van der Waals surface area contributed by atoms with Crippen LogP contribution in [0.25, 0.3) is 0 Å². The summed E-state index contributed by atoms with van der Waals surface area (Å²) in [6.07, 6.45) is 2.29. The van der Waals surface area contributed by atoms with Crippen molar-refractivity contribution in [2.24, 2.45) is 0 Å². The Morgan fingerprint density at radius 1 is 1.38 bits per heavy atom. The van der Waals surface area contributed by atoms with Gasteiger partial charge >= 0.3 is 0 Å². The Morgan fingerprint density at radius 2 is 2.08 bits per heavy atom. The summed E-state index contributed by atoms with van der Waals surface area (Å²) >= 11 is 7.71. The second-order valence-electron chi connectivity index (χ2n) is 3.80. The molecule has 0 atom stereocenters. The summed E-state index contributed by atoms with van der Waals surface area (Å²) in [5.74, 6) is 3.23. The van der Waals surface area contributed by atoms with Crippen molar-refractivity contribution >= 4 is 23.4 Å². The summed E-state index contributed by atoms with van der Waals surface area (Å²) in [6, 6.07) is 0. The zero-order valence-corrected chi connectivity index (χ0v) is 10.6. The minimum Gasteiger partial charge on any atom is -0.312 e. The molecule has 0 aliphatic heterocycles. The molecule has 0 fully saturated rings. The van der Waals surface area contributed by atoms with E-state index in [-0.39, 0.29) is 5.54 Å². The van der Waals surface area contributed by atoms with E-state index in [1.165, 1.54) is 17.9 Å². The van der Waals surface area contributed by atoms with Crippen LogP contribution in [0, 0.1) is 0 Å². The number of alkyl halides is 1.